The Balaban J connectivity index is 1.82. The number of hydrogen-bond donors (Lipinski definition) is 2. The molecule has 27 heavy (non-hydrogen) atoms. The van der Waals surface area contributed by atoms with E-state index >= 15 is 0 Å². The van der Waals surface area contributed by atoms with Crippen LogP contribution in [0.25, 0.3) is 27.9 Å². The summed E-state index contributed by atoms with van der Waals surface area (Å²) in [6.07, 6.45) is 6.60. The summed E-state index contributed by atoms with van der Waals surface area (Å²) < 4.78 is 1.92. The molecule has 3 aliphatic rings. The number of para-hydroxylation sites is 1. The van der Waals surface area contributed by atoms with Gasteiger partial charge >= 0.3 is 5.69 Å². The smallest absolute Gasteiger partial charge is 0.318 e. The highest BCUT2D eigenvalue weighted by molar-refractivity contribution is 5.86. The number of fused-ring (bicyclic) bond motifs is 2. The van der Waals surface area contributed by atoms with Crippen molar-refractivity contribution in [2.75, 3.05) is 0 Å². The molecule has 132 valence electrons. The van der Waals surface area contributed by atoms with Gasteiger partial charge in [-0.25, -0.2) is 4.79 Å². The molecule has 0 spiro atoms. The summed E-state index contributed by atoms with van der Waals surface area (Å²) in [5.41, 5.74) is 0.952. The second-order valence-electron chi connectivity index (χ2n) is 6.24. The summed E-state index contributed by atoms with van der Waals surface area (Å²) in [5, 5.41) is 15.0. The maximum absolute atomic E-state index is 12.4. The number of aromatic nitrogens is 7. The fourth-order valence-corrected chi connectivity index (χ4v) is 3.48. The lowest BCUT2D eigenvalue weighted by molar-refractivity contribution is 0.621. The molecule has 1 aromatic carbocycles. The highest BCUT2D eigenvalue weighted by Crippen LogP contribution is 2.33. The molecule has 0 amide bonds. The molecule has 0 fully saturated rings. The minimum atomic E-state index is -0.662. The minimum absolute atomic E-state index is 0.161. The van der Waals surface area contributed by atoms with E-state index in [1.807, 2.05) is 47.1 Å². The molecule has 9 heteroatoms. The van der Waals surface area contributed by atoms with Gasteiger partial charge in [-0.1, -0.05) is 36.4 Å². The first-order valence-corrected chi connectivity index (χ1v) is 8.37. The fourth-order valence-electron chi connectivity index (χ4n) is 3.48. The number of H-pyrrole nitrogens is 2. The Morgan fingerprint density at radius 2 is 2.07 bits per heavy atom. The standard InChI is InChI=1S/C18H13N7O2/c26-17-13-9-10-4-1-2-7-14(10)25(16(13)19-18(27)20-17)12-6-3-5-11(8-12)15-21-23-24-22-15/h1-5,7-9,12H,6H2,(H,20,26,27)(H,21,22,23,24). The SMILES string of the molecule is O=c1nc2n(C3C=C(c4nn[nH]n4)C=CC3)c3ccccc3cc-2c(=O)[nH]1. The molecule has 1 unspecified atom stereocenters. The molecular formula is C18H13N7O2. The monoisotopic (exact) mass is 359 g/mol. The molecule has 0 bridgehead atoms. The van der Waals surface area contributed by atoms with E-state index in [2.05, 4.69) is 30.6 Å². The average Bonchev–Trinajstić information content (AvgIpc) is 3.21. The summed E-state index contributed by atoms with van der Waals surface area (Å²) in [4.78, 5) is 30.6. The largest absolute Gasteiger partial charge is 0.349 e. The van der Waals surface area contributed by atoms with Gasteiger partial charge in [-0.05, 0) is 29.2 Å². The molecule has 2 N–H and O–H groups in total. The van der Waals surface area contributed by atoms with E-state index in [9.17, 15) is 9.59 Å². The van der Waals surface area contributed by atoms with Gasteiger partial charge in [-0.3, -0.25) is 9.78 Å². The Labute approximate surface area is 151 Å². The second kappa shape index (κ2) is 5.84. The molecule has 2 aromatic rings. The summed E-state index contributed by atoms with van der Waals surface area (Å²) in [6.45, 7) is 0. The van der Waals surface area contributed by atoms with Crippen LogP contribution in [-0.2, 0) is 0 Å². The number of nitrogens with zero attached hydrogens (tertiary/aromatic N) is 5. The second-order valence-corrected chi connectivity index (χ2v) is 6.24. The molecule has 5 rings (SSSR count). The molecule has 1 aliphatic carbocycles. The van der Waals surface area contributed by atoms with Gasteiger partial charge in [0.1, 0.15) is 0 Å². The molecule has 9 nitrogen and oxygen atoms in total. The van der Waals surface area contributed by atoms with Crippen molar-refractivity contribution in [2.24, 2.45) is 0 Å². The fraction of sp³-hybridized carbons (Fsp3) is 0.111. The number of aromatic amines is 2. The quantitative estimate of drug-likeness (QED) is 0.520. The molecule has 3 heterocycles. The first kappa shape index (κ1) is 15.4. The third kappa shape index (κ3) is 2.48. The predicted octanol–water partition coefficient (Wildman–Crippen LogP) is 1.29. The van der Waals surface area contributed by atoms with Gasteiger partial charge in [-0.2, -0.15) is 10.2 Å². The topological polar surface area (TPSA) is 122 Å². The Morgan fingerprint density at radius 1 is 1.19 bits per heavy atom. The summed E-state index contributed by atoms with van der Waals surface area (Å²) >= 11 is 0. The number of allylic oxidation sites excluding steroid dienone is 4. The van der Waals surface area contributed by atoms with Gasteiger partial charge in [0.2, 0.25) is 5.82 Å². The Bertz CT molecular complexity index is 1300. The Morgan fingerprint density at radius 3 is 2.93 bits per heavy atom. The van der Waals surface area contributed by atoms with Crippen LogP contribution in [-0.4, -0.2) is 35.2 Å². The van der Waals surface area contributed by atoms with Gasteiger partial charge in [0.05, 0.1) is 17.1 Å². The number of benzene rings is 1. The molecule has 1 atom stereocenters. The summed E-state index contributed by atoms with van der Waals surface area (Å²) in [7, 11) is 0. The number of hydrogen-bond acceptors (Lipinski definition) is 6. The van der Waals surface area contributed by atoms with E-state index in [4.69, 9.17) is 0 Å². The van der Waals surface area contributed by atoms with Crippen molar-refractivity contribution in [3.05, 3.63) is 75.2 Å². The van der Waals surface area contributed by atoms with Crippen LogP contribution >= 0.6 is 0 Å². The number of nitrogens with one attached hydrogen (secondary N) is 2. The van der Waals surface area contributed by atoms with Crippen LogP contribution in [0.5, 0.6) is 0 Å². The predicted molar refractivity (Wildman–Crippen MR) is 98.2 cm³/mol. The zero-order chi connectivity index (χ0) is 18.4. The zero-order valence-electron chi connectivity index (χ0n) is 14.0. The van der Waals surface area contributed by atoms with Crippen molar-refractivity contribution in [3.8, 4) is 11.4 Å². The van der Waals surface area contributed by atoms with Gasteiger partial charge < -0.3 is 4.57 Å². The van der Waals surface area contributed by atoms with E-state index in [-0.39, 0.29) is 6.04 Å². The third-order valence-electron chi connectivity index (χ3n) is 4.62. The van der Waals surface area contributed by atoms with E-state index in [0.29, 0.717) is 23.6 Å². The molecule has 1 aromatic heterocycles. The van der Waals surface area contributed by atoms with Crippen LogP contribution in [0.4, 0.5) is 0 Å². The van der Waals surface area contributed by atoms with Crippen LogP contribution in [0.1, 0.15) is 18.3 Å². The van der Waals surface area contributed by atoms with Crippen molar-refractivity contribution >= 4 is 16.5 Å². The van der Waals surface area contributed by atoms with Gasteiger partial charge in [0, 0.05) is 5.57 Å². The first-order chi connectivity index (χ1) is 13.2. The molecule has 0 saturated heterocycles. The number of tetrazole rings is 1. The van der Waals surface area contributed by atoms with Crippen LogP contribution < -0.4 is 11.2 Å². The van der Waals surface area contributed by atoms with E-state index < -0.39 is 11.2 Å². The molecule has 2 aliphatic heterocycles. The van der Waals surface area contributed by atoms with Gasteiger partial charge in [0.25, 0.3) is 5.56 Å². The normalized spacial score (nSPS) is 16.7. The van der Waals surface area contributed by atoms with Crippen molar-refractivity contribution in [2.45, 2.75) is 12.5 Å². The summed E-state index contributed by atoms with van der Waals surface area (Å²) in [5.74, 6) is 0.836. The van der Waals surface area contributed by atoms with Crippen molar-refractivity contribution in [1.82, 2.24) is 35.2 Å². The molecule has 0 radical (unpaired) electrons. The van der Waals surface area contributed by atoms with E-state index in [0.717, 1.165) is 16.5 Å². The van der Waals surface area contributed by atoms with Crippen LogP contribution in [0.2, 0.25) is 0 Å². The molecular weight excluding hydrogens is 346 g/mol. The van der Waals surface area contributed by atoms with E-state index in [1.54, 1.807) is 6.07 Å². The highest BCUT2D eigenvalue weighted by atomic mass is 16.2. The van der Waals surface area contributed by atoms with Crippen LogP contribution in [0.15, 0.2) is 58.1 Å². The average molecular weight is 359 g/mol. The highest BCUT2D eigenvalue weighted by Gasteiger charge is 2.23. The van der Waals surface area contributed by atoms with Crippen LogP contribution in [0, 0.1) is 0 Å². The maximum Gasteiger partial charge on any atom is 0.349 e. The number of pyridine rings is 1. The lowest BCUT2D eigenvalue weighted by Gasteiger charge is -2.25. The lowest BCUT2D eigenvalue weighted by atomic mass is 10.00. The van der Waals surface area contributed by atoms with Gasteiger partial charge in [-0.15, -0.1) is 10.2 Å². The minimum Gasteiger partial charge on any atom is -0.318 e. The van der Waals surface area contributed by atoms with E-state index in [1.165, 1.54) is 0 Å². The Hall–Kier alpha value is -3.88. The maximum atomic E-state index is 12.4. The molecule has 0 saturated carbocycles. The number of rotatable bonds is 2. The third-order valence-corrected chi connectivity index (χ3v) is 4.62. The zero-order valence-corrected chi connectivity index (χ0v) is 14.0. The Kier molecular flexibility index (Phi) is 3.32. The van der Waals surface area contributed by atoms with Crippen molar-refractivity contribution < 1.29 is 0 Å². The van der Waals surface area contributed by atoms with Crippen molar-refractivity contribution in [1.29, 1.82) is 0 Å². The lowest BCUT2D eigenvalue weighted by Crippen LogP contribution is -2.28. The van der Waals surface area contributed by atoms with Gasteiger partial charge in [0.15, 0.2) is 5.82 Å². The first-order valence-electron chi connectivity index (χ1n) is 8.37. The van der Waals surface area contributed by atoms with Crippen molar-refractivity contribution in [3.63, 3.8) is 0 Å². The summed E-state index contributed by atoms with van der Waals surface area (Å²) in [6, 6.07) is 9.29. The van der Waals surface area contributed by atoms with Crippen LogP contribution in [0.3, 0.4) is 0 Å².